The highest BCUT2D eigenvalue weighted by Crippen LogP contribution is 2.25. The van der Waals surface area contributed by atoms with Crippen molar-refractivity contribution in [2.75, 3.05) is 17.7 Å². The standard InChI is InChI=1S/C26H29N3O2S/c1-29(22-9-3-2-4-10-22)18-20-8-5-6-11-23(20)28-25(30)19-13-15-21(16-14-19)27-26(31)24-12-7-17-32-24/h5-8,11-17,22H,2-4,9-10,18H2,1H3,(H,27,31)(H,28,30). The molecule has 1 aliphatic rings. The first-order chi connectivity index (χ1) is 15.6. The maximum Gasteiger partial charge on any atom is 0.265 e. The van der Waals surface area contributed by atoms with E-state index in [2.05, 4.69) is 28.6 Å². The molecule has 0 unspecified atom stereocenters. The van der Waals surface area contributed by atoms with Crippen LogP contribution in [0.2, 0.25) is 0 Å². The Morgan fingerprint density at radius 3 is 2.38 bits per heavy atom. The minimum Gasteiger partial charge on any atom is -0.322 e. The summed E-state index contributed by atoms with van der Waals surface area (Å²) in [5.74, 6) is -0.304. The summed E-state index contributed by atoms with van der Waals surface area (Å²) in [6, 6.07) is 19.2. The van der Waals surface area contributed by atoms with Crippen LogP contribution < -0.4 is 10.6 Å². The topological polar surface area (TPSA) is 61.4 Å². The Labute approximate surface area is 193 Å². The van der Waals surface area contributed by atoms with E-state index in [-0.39, 0.29) is 11.8 Å². The summed E-state index contributed by atoms with van der Waals surface area (Å²) in [4.78, 5) is 28.1. The van der Waals surface area contributed by atoms with Crippen LogP contribution in [0.1, 0.15) is 57.7 Å². The molecule has 166 valence electrons. The molecule has 0 spiro atoms. The molecule has 0 radical (unpaired) electrons. The fourth-order valence-electron chi connectivity index (χ4n) is 4.20. The Kier molecular flexibility index (Phi) is 7.35. The van der Waals surface area contributed by atoms with Gasteiger partial charge in [-0.05, 0) is 67.2 Å². The smallest absolute Gasteiger partial charge is 0.265 e. The molecule has 0 saturated heterocycles. The predicted molar refractivity (Wildman–Crippen MR) is 131 cm³/mol. The lowest BCUT2D eigenvalue weighted by Crippen LogP contribution is -2.33. The van der Waals surface area contributed by atoms with Crippen LogP contribution in [-0.2, 0) is 6.54 Å². The van der Waals surface area contributed by atoms with Crippen molar-refractivity contribution in [1.82, 2.24) is 4.90 Å². The largest absolute Gasteiger partial charge is 0.322 e. The lowest BCUT2D eigenvalue weighted by atomic mass is 9.94. The number of para-hydroxylation sites is 1. The van der Waals surface area contributed by atoms with E-state index < -0.39 is 0 Å². The van der Waals surface area contributed by atoms with Gasteiger partial charge in [-0.1, -0.05) is 43.5 Å². The van der Waals surface area contributed by atoms with Crippen molar-refractivity contribution in [2.45, 2.75) is 44.7 Å². The van der Waals surface area contributed by atoms with Crippen LogP contribution in [-0.4, -0.2) is 29.8 Å². The first kappa shape index (κ1) is 22.2. The van der Waals surface area contributed by atoms with Crippen molar-refractivity contribution in [3.05, 3.63) is 82.0 Å². The molecule has 0 bridgehead atoms. The van der Waals surface area contributed by atoms with Crippen molar-refractivity contribution >= 4 is 34.5 Å². The van der Waals surface area contributed by atoms with Gasteiger partial charge >= 0.3 is 0 Å². The molecule has 0 aliphatic heterocycles. The Balaban J connectivity index is 1.39. The van der Waals surface area contributed by atoms with E-state index in [0.29, 0.717) is 22.2 Å². The van der Waals surface area contributed by atoms with E-state index in [1.54, 1.807) is 30.3 Å². The maximum absolute atomic E-state index is 12.9. The van der Waals surface area contributed by atoms with Crippen LogP contribution in [0, 0.1) is 0 Å². The zero-order valence-corrected chi connectivity index (χ0v) is 19.2. The molecular weight excluding hydrogens is 418 g/mol. The zero-order chi connectivity index (χ0) is 22.3. The highest BCUT2D eigenvalue weighted by Gasteiger charge is 2.19. The lowest BCUT2D eigenvalue weighted by molar-refractivity contribution is 0.102. The second-order valence-electron chi connectivity index (χ2n) is 8.33. The fraction of sp³-hybridized carbons (Fsp3) is 0.308. The summed E-state index contributed by atoms with van der Waals surface area (Å²) >= 11 is 1.39. The van der Waals surface area contributed by atoms with Crippen LogP contribution in [0.25, 0.3) is 0 Å². The molecule has 1 aromatic heterocycles. The molecule has 5 nitrogen and oxygen atoms in total. The van der Waals surface area contributed by atoms with Gasteiger partial charge in [0.15, 0.2) is 0 Å². The van der Waals surface area contributed by atoms with E-state index in [1.807, 2.05) is 29.6 Å². The average molecular weight is 448 g/mol. The number of hydrogen-bond donors (Lipinski definition) is 2. The Hall–Kier alpha value is -2.96. The van der Waals surface area contributed by atoms with Crippen molar-refractivity contribution in [3.63, 3.8) is 0 Å². The van der Waals surface area contributed by atoms with Gasteiger partial charge < -0.3 is 10.6 Å². The highest BCUT2D eigenvalue weighted by atomic mass is 32.1. The van der Waals surface area contributed by atoms with Gasteiger partial charge in [-0.2, -0.15) is 0 Å². The van der Waals surface area contributed by atoms with Gasteiger partial charge in [-0.25, -0.2) is 0 Å². The normalized spacial score (nSPS) is 14.3. The fourth-order valence-corrected chi connectivity index (χ4v) is 4.82. The molecule has 2 amide bonds. The molecule has 1 heterocycles. The summed E-state index contributed by atoms with van der Waals surface area (Å²) in [6.45, 7) is 0.814. The number of amides is 2. The molecule has 1 aliphatic carbocycles. The van der Waals surface area contributed by atoms with Gasteiger partial charge in [0.2, 0.25) is 0 Å². The number of hydrogen-bond acceptors (Lipinski definition) is 4. The van der Waals surface area contributed by atoms with Gasteiger partial charge in [0.25, 0.3) is 11.8 Å². The minimum absolute atomic E-state index is 0.145. The Morgan fingerprint density at radius 1 is 0.906 bits per heavy atom. The molecule has 2 N–H and O–H groups in total. The van der Waals surface area contributed by atoms with Crippen molar-refractivity contribution in [3.8, 4) is 0 Å². The van der Waals surface area contributed by atoms with Gasteiger partial charge in [0.05, 0.1) is 4.88 Å². The number of thiophene rings is 1. The van der Waals surface area contributed by atoms with Crippen molar-refractivity contribution in [1.29, 1.82) is 0 Å². The summed E-state index contributed by atoms with van der Waals surface area (Å²) in [5, 5.41) is 7.79. The van der Waals surface area contributed by atoms with Crippen molar-refractivity contribution < 1.29 is 9.59 Å². The minimum atomic E-state index is -0.158. The van der Waals surface area contributed by atoms with Gasteiger partial charge in [-0.15, -0.1) is 11.3 Å². The number of rotatable bonds is 7. The molecule has 1 saturated carbocycles. The van der Waals surface area contributed by atoms with Gasteiger partial charge in [0.1, 0.15) is 0 Å². The summed E-state index contributed by atoms with van der Waals surface area (Å²) in [5.41, 5.74) is 3.17. The van der Waals surface area contributed by atoms with E-state index in [9.17, 15) is 9.59 Å². The quantitative estimate of drug-likeness (QED) is 0.466. The second kappa shape index (κ2) is 10.6. The molecule has 3 aromatic rings. The van der Waals surface area contributed by atoms with E-state index in [4.69, 9.17) is 0 Å². The number of anilines is 2. The third kappa shape index (κ3) is 5.64. The molecule has 1 fully saturated rings. The molecule has 4 rings (SSSR count). The van der Waals surface area contributed by atoms with Gasteiger partial charge in [0, 0.05) is 29.5 Å². The van der Waals surface area contributed by atoms with Crippen LogP contribution in [0.3, 0.4) is 0 Å². The van der Waals surface area contributed by atoms with Gasteiger partial charge in [-0.3, -0.25) is 14.5 Å². The summed E-state index contributed by atoms with van der Waals surface area (Å²) < 4.78 is 0. The SMILES string of the molecule is CN(Cc1ccccc1NC(=O)c1ccc(NC(=O)c2cccs2)cc1)C1CCCCC1. The third-order valence-corrected chi connectivity index (χ3v) is 6.90. The van der Waals surface area contributed by atoms with Crippen LogP contribution in [0.5, 0.6) is 0 Å². The number of carbonyl (C=O) groups excluding carboxylic acids is 2. The highest BCUT2D eigenvalue weighted by molar-refractivity contribution is 7.12. The summed E-state index contributed by atoms with van der Waals surface area (Å²) in [7, 11) is 2.18. The van der Waals surface area contributed by atoms with Crippen molar-refractivity contribution in [2.24, 2.45) is 0 Å². The number of nitrogens with one attached hydrogen (secondary N) is 2. The molecule has 2 aromatic carbocycles. The average Bonchev–Trinajstić information content (AvgIpc) is 3.37. The van der Waals surface area contributed by atoms with E-state index in [0.717, 1.165) is 17.8 Å². The number of nitrogens with zero attached hydrogens (tertiary/aromatic N) is 1. The molecular formula is C26H29N3O2S. The summed E-state index contributed by atoms with van der Waals surface area (Å²) in [6.07, 6.45) is 6.45. The van der Waals surface area contributed by atoms with E-state index in [1.165, 1.54) is 43.4 Å². The van der Waals surface area contributed by atoms with Crippen LogP contribution >= 0.6 is 11.3 Å². The number of benzene rings is 2. The first-order valence-corrected chi connectivity index (χ1v) is 12.0. The number of carbonyl (C=O) groups is 2. The predicted octanol–water partition coefficient (Wildman–Crippen LogP) is 6.02. The molecule has 0 atom stereocenters. The first-order valence-electron chi connectivity index (χ1n) is 11.1. The van der Waals surface area contributed by atoms with Crippen LogP contribution in [0.15, 0.2) is 66.0 Å². The lowest BCUT2D eigenvalue weighted by Gasteiger charge is -2.31. The zero-order valence-electron chi connectivity index (χ0n) is 18.3. The Morgan fingerprint density at radius 2 is 1.66 bits per heavy atom. The third-order valence-electron chi connectivity index (χ3n) is 6.03. The second-order valence-corrected chi connectivity index (χ2v) is 9.27. The molecule has 6 heteroatoms. The maximum atomic E-state index is 12.9. The van der Waals surface area contributed by atoms with E-state index >= 15 is 0 Å². The van der Waals surface area contributed by atoms with Crippen LogP contribution in [0.4, 0.5) is 11.4 Å². The monoisotopic (exact) mass is 447 g/mol. The molecule has 32 heavy (non-hydrogen) atoms. The Bertz CT molecular complexity index is 1040.